The van der Waals surface area contributed by atoms with Gasteiger partial charge in [0.2, 0.25) is 0 Å². The molecule has 1 aliphatic rings. The molecule has 1 saturated heterocycles. The minimum Gasteiger partial charge on any atom is -0.469 e. The van der Waals surface area contributed by atoms with Gasteiger partial charge in [0.15, 0.2) is 0 Å². The number of esters is 1. The number of carbonyl (C=O) groups excluding carboxylic acids is 1. The van der Waals surface area contributed by atoms with Crippen molar-refractivity contribution in [2.75, 3.05) is 33.5 Å². The molecule has 0 bridgehead atoms. The van der Waals surface area contributed by atoms with Gasteiger partial charge in [0.05, 0.1) is 33.5 Å². The Morgan fingerprint density at radius 1 is 1.18 bits per heavy atom. The minimum atomic E-state index is -0.245. The van der Waals surface area contributed by atoms with Gasteiger partial charge in [0, 0.05) is 6.92 Å². The van der Waals surface area contributed by atoms with Gasteiger partial charge in [-0.1, -0.05) is 0 Å². The number of ether oxygens (including phenoxy) is 3. The summed E-state index contributed by atoms with van der Waals surface area (Å²) in [4.78, 5) is 9.59. The van der Waals surface area contributed by atoms with Crippen molar-refractivity contribution in [1.82, 2.24) is 0 Å². The monoisotopic (exact) mass is 162 g/mol. The Balaban J connectivity index is 0.000000187. The lowest BCUT2D eigenvalue weighted by molar-refractivity contribution is -0.137. The molecule has 0 saturated carbocycles. The van der Waals surface area contributed by atoms with Crippen LogP contribution in [0.3, 0.4) is 0 Å². The lowest BCUT2D eigenvalue weighted by Crippen LogP contribution is -2.16. The highest BCUT2D eigenvalue weighted by Crippen LogP contribution is 1.85. The largest absolute Gasteiger partial charge is 0.469 e. The topological polar surface area (TPSA) is 44.8 Å². The predicted octanol–water partition coefficient (Wildman–Crippen LogP) is 0.212. The standard InChI is InChI=1S/C4H8O2.C3H6O2/c1-2-6-4-3-5-1;1-3(4)5-2/h1-4H2;1-2H3. The average Bonchev–Trinajstić information content (AvgIpc) is 2.09. The van der Waals surface area contributed by atoms with E-state index in [4.69, 9.17) is 9.47 Å². The van der Waals surface area contributed by atoms with Crippen molar-refractivity contribution in [3.63, 3.8) is 0 Å². The molecule has 1 aliphatic heterocycles. The zero-order valence-corrected chi connectivity index (χ0v) is 6.96. The summed E-state index contributed by atoms with van der Waals surface area (Å²) in [5.74, 6) is -0.245. The molecule has 11 heavy (non-hydrogen) atoms. The molecule has 1 rings (SSSR count). The Kier molecular flexibility index (Phi) is 7.08. The van der Waals surface area contributed by atoms with E-state index in [9.17, 15) is 4.79 Å². The van der Waals surface area contributed by atoms with E-state index >= 15 is 0 Å². The number of methoxy groups -OCH3 is 1. The fourth-order valence-electron chi connectivity index (χ4n) is 0.440. The molecule has 0 spiro atoms. The third-order valence-corrected chi connectivity index (χ3v) is 1.03. The lowest BCUT2D eigenvalue weighted by Gasteiger charge is -2.09. The van der Waals surface area contributed by atoms with Crippen LogP contribution < -0.4 is 0 Å². The van der Waals surface area contributed by atoms with Gasteiger partial charge >= 0.3 is 5.97 Å². The molecule has 4 heteroatoms. The van der Waals surface area contributed by atoms with Crippen LogP contribution in [0.4, 0.5) is 0 Å². The van der Waals surface area contributed by atoms with Crippen LogP contribution >= 0.6 is 0 Å². The third kappa shape index (κ3) is 9.39. The van der Waals surface area contributed by atoms with Gasteiger partial charge in [-0.2, -0.15) is 0 Å². The van der Waals surface area contributed by atoms with Crippen LogP contribution in [0.25, 0.3) is 0 Å². The molecule has 1 fully saturated rings. The normalized spacial score (nSPS) is 16.2. The predicted molar refractivity (Wildman–Crippen MR) is 39.3 cm³/mol. The molecular weight excluding hydrogens is 148 g/mol. The SMILES string of the molecule is C1COCCO1.COC(C)=O. The van der Waals surface area contributed by atoms with Gasteiger partial charge in [-0.05, 0) is 0 Å². The van der Waals surface area contributed by atoms with E-state index < -0.39 is 0 Å². The van der Waals surface area contributed by atoms with Crippen molar-refractivity contribution in [2.45, 2.75) is 6.92 Å². The summed E-state index contributed by atoms with van der Waals surface area (Å²) >= 11 is 0. The van der Waals surface area contributed by atoms with Crippen LogP contribution in [0.1, 0.15) is 6.92 Å². The van der Waals surface area contributed by atoms with Crippen LogP contribution in [-0.4, -0.2) is 39.5 Å². The summed E-state index contributed by atoms with van der Waals surface area (Å²) < 4.78 is 14.0. The Labute approximate surface area is 66.4 Å². The van der Waals surface area contributed by atoms with Crippen LogP contribution in [0.2, 0.25) is 0 Å². The first-order valence-electron chi connectivity index (χ1n) is 3.47. The molecule has 0 aromatic heterocycles. The molecule has 0 aliphatic carbocycles. The fourth-order valence-corrected chi connectivity index (χ4v) is 0.440. The first-order valence-corrected chi connectivity index (χ1v) is 3.47. The molecule has 0 N–H and O–H groups in total. The van der Waals surface area contributed by atoms with Gasteiger partial charge in [-0.15, -0.1) is 0 Å². The van der Waals surface area contributed by atoms with E-state index in [0.29, 0.717) is 0 Å². The molecule has 0 aromatic rings. The first-order chi connectivity index (χ1) is 5.27. The van der Waals surface area contributed by atoms with Crippen LogP contribution in [0, 0.1) is 0 Å². The maximum Gasteiger partial charge on any atom is 0.302 e. The van der Waals surface area contributed by atoms with Crippen molar-refractivity contribution in [3.05, 3.63) is 0 Å². The molecular formula is C7H14O4. The van der Waals surface area contributed by atoms with Gasteiger partial charge in [0.1, 0.15) is 0 Å². The zero-order valence-electron chi connectivity index (χ0n) is 6.96. The van der Waals surface area contributed by atoms with Crippen molar-refractivity contribution >= 4 is 5.97 Å². The summed E-state index contributed by atoms with van der Waals surface area (Å²) in [6, 6.07) is 0. The molecule has 0 aromatic carbocycles. The molecule has 0 radical (unpaired) electrons. The Hall–Kier alpha value is -0.610. The quantitative estimate of drug-likeness (QED) is 0.478. The number of hydrogen-bond donors (Lipinski definition) is 0. The maximum absolute atomic E-state index is 9.59. The van der Waals surface area contributed by atoms with Crippen molar-refractivity contribution in [1.29, 1.82) is 0 Å². The van der Waals surface area contributed by atoms with Crippen molar-refractivity contribution < 1.29 is 19.0 Å². The summed E-state index contributed by atoms with van der Waals surface area (Å²) in [6.07, 6.45) is 0. The molecule has 0 atom stereocenters. The third-order valence-electron chi connectivity index (χ3n) is 1.03. The second-order valence-electron chi connectivity index (χ2n) is 1.92. The van der Waals surface area contributed by atoms with Gasteiger partial charge < -0.3 is 14.2 Å². The average molecular weight is 162 g/mol. The van der Waals surface area contributed by atoms with Gasteiger partial charge in [0.25, 0.3) is 0 Å². The fraction of sp³-hybridized carbons (Fsp3) is 0.857. The van der Waals surface area contributed by atoms with E-state index in [1.54, 1.807) is 0 Å². The molecule has 0 unspecified atom stereocenters. The highest BCUT2D eigenvalue weighted by molar-refractivity contribution is 5.65. The number of hydrogen-bond acceptors (Lipinski definition) is 4. The van der Waals surface area contributed by atoms with E-state index in [2.05, 4.69) is 4.74 Å². The summed E-state index contributed by atoms with van der Waals surface area (Å²) in [7, 11) is 1.35. The lowest BCUT2D eigenvalue weighted by atomic mass is 10.6. The Morgan fingerprint density at radius 2 is 1.45 bits per heavy atom. The Bertz CT molecular complexity index is 87.1. The second-order valence-corrected chi connectivity index (χ2v) is 1.92. The molecule has 1 heterocycles. The van der Waals surface area contributed by atoms with E-state index in [-0.39, 0.29) is 5.97 Å². The molecule has 4 nitrogen and oxygen atoms in total. The highest BCUT2D eigenvalue weighted by Gasteiger charge is 1.94. The summed E-state index contributed by atoms with van der Waals surface area (Å²) in [5, 5.41) is 0. The smallest absolute Gasteiger partial charge is 0.302 e. The van der Waals surface area contributed by atoms with E-state index in [1.165, 1.54) is 14.0 Å². The highest BCUT2D eigenvalue weighted by atomic mass is 16.6. The maximum atomic E-state index is 9.59. The van der Waals surface area contributed by atoms with Crippen LogP contribution in [0.15, 0.2) is 0 Å². The van der Waals surface area contributed by atoms with Gasteiger partial charge in [-0.3, -0.25) is 4.79 Å². The first kappa shape index (κ1) is 10.4. The Morgan fingerprint density at radius 3 is 1.55 bits per heavy atom. The van der Waals surface area contributed by atoms with Gasteiger partial charge in [-0.25, -0.2) is 0 Å². The van der Waals surface area contributed by atoms with Crippen LogP contribution in [0.5, 0.6) is 0 Å². The molecule has 66 valence electrons. The molecule has 0 amide bonds. The van der Waals surface area contributed by atoms with Crippen LogP contribution in [-0.2, 0) is 19.0 Å². The summed E-state index contributed by atoms with van der Waals surface area (Å²) in [6.45, 7) is 4.47. The number of rotatable bonds is 0. The summed E-state index contributed by atoms with van der Waals surface area (Å²) in [5.41, 5.74) is 0. The number of carbonyl (C=O) groups is 1. The second kappa shape index (κ2) is 7.50. The zero-order chi connectivity index (χ0) is 8.53. The van der Waals surface area contributed by atoms with E-state index in [0.717, 1.165) is 26.4 Å². The van der Waals surface area contributed by atoms with Crippen molar-refractivity contribution in [2.24, 2.45) is 0 Å². The minimum absolute atomic E-state index is 0.245. The van der Waals surface area contributed by atoms with E-state index in [1.807, 2.05) is 0 Å². The van der Waals surface area contributed by atoms with Crippen molar-refractivity contribution in [3.8, 4) is 0 Å².